The Morgan fingerprint density at radius 2 is 1.68 bits per heavy atom. The number of esters is 2. The van der Waals surface area contributed by atoms with Gasteiger partial charge in [-0.3, -0.25) is 19.2 Å². The summed E-state index contributed by atoms with van der Waals surface area (Å²) < 4.78 is 10.5. The largest absolute Gasteiger partial charge is 0.469 e. The van der Waals surface area contributed by atoms with Gasteiger partial charge in [-0.05, 0) is 30.2 Å². The first-order valence-corrected chi connectivity index (χ1v) is 15.2. The summed E-state index contributed by atoms with van der Waals surface area (Å²) in [5.41, 5.74) is 1.23. The van der Waals surface area contributed by atoms with E-state index >= 15 is 0 Å². The lowest BCUT2D eigenvalue weighted by Crippen LogP contribution is -2.40. The zero-order valence-electron chi connectivity index (χ0n) is 25.3. The fourth-order valence-electron chi connectivity index (χ4n) is 4.47. The molecule has 2 amide bonds. The van der Waals surface area contributed by atoms with Crippen molar-refractivity contribution < 1.29 is 28.7 Å². The minimum Gasteiger partial charge on any atom is -0.469 e. The summed E-state index contributed by atoms with van der Waals surface area (Å²) in [6, 6.07) is 9.14. The van der Waals surface area contributed by atoms with E-state index < -0.39 is 18.0 Å². The monoisotopic (exact) mass is 587 g/mol. The molecule has 5 atom stereocenters. The first kappa shape index (κ1) is 33.9. The fraction of sp³-hybridized carbons (Fsp3) is 0.581. The van der Waals surface area contributed by atoms with Crippen LogP contribution in [-0.4, -0.2) is 47.9 Å². The Balaban J connectivity index is 2.20. The highest BCUT2D eigenvalue weighted by Crippen LogP contribution is 2.29. The van der Waals surface area contributed by atoms with Crippen LogP contribution < -0.4 is 10.6 Å². The van der Waals surface area contributed by atoms with E-state index in [2.05, 4.69) is 22.5 Å². The Morgan fingerprint density at radius 1 is 1.00 bits per heavy atom. The normalized spacial score (nSPS) is 14.8. The summed E-state index contributed by atoms with van der Waals surface area (Å²) in [4.78, 5) is 54.5. The summed E-state index contributed by atoms with van der Waals surface area (Å²) in [5.74, 6) is -1.27. The molecule has 1 aromatic heterocycles. The van der Waals surface area contributed by atoms with Crippen molar-refractivity contribution in [3.63, 3.8) is 0 Å². The van der Waals surface area contributed by atoms with E-state index in [0.29, 0.717) is 30.7 Å². The molecule has 0 spiro atoms. The second-order valence-corrected chi connectivity index (χ2v) is 12.0. The van der Waals surface area contributed by atoms with Crippen molar-refractivity contribution in [1.29, 1.82) is 0 Å². The van der Waals surface area contributed by atoms with Gasteiger partial charge in [0.05, 0.1) is 13.0 Å². The maximum absolute atomic E-state index is 13.3. The molecule has 10 heteroatoms. The van der Waals surface area contributed by atoms with Gasteiger partial charge in [0.1, 0.15) is 10.7 Å². The number of hydrogen-bond acceptors (Lipinski definition) is 8. The van der Waals surface area contributed by atoms with Gasteiger partial charge in [-0.2, -0.15) is 0 Å². The molecule has 2 rings (SSSR count). The van der Waals surface area contributed by atoms with Gasteiger partial charge in [-0.15, -0.1) is 11.3 Å². The third-order valence-electron chi connectivity index (χ3n) is 7.09. The van der Waals surface area contributed by atoms with Crippen LogP contribution in [0.2, 0.25) is 0 Å². The molecular formula is C31H45N3O6S. The van der Waals surface area contributed by atoms with Crippen molar-refractivity contribution in [3.05, 3.63) is 52.0 Å². The van der Waals surface area contributed by atoms with Crippen LogP contribution in [0.1, 0.15) is 94.4 Å². The first-order chi connectivity index (χ1) is 19.4. The van der Waals surface area contributed by atoms with Gasteiger partial charge in [0.15, 0.2) is 6.10 Å². The fourth-order valence-corrected chi connectivity index (χ4v) is 5.31. The SMILES string of the molecule is CC[C@H](C)CC(=O)N[C@H](C[C@@H](OC(C)=O)c1nc(C(=O)N[C@@H](Cc2ccccc2)C[C@H](C)C(=O)OC)cs1)C(C)C. The average molecular weight is 588 g/mol. The number of nitrogens with one attached hydrogen (secondary N) is 2. The minimum atomic E-state index is -0.713. The number of thiazole rings is 1. The third kappa shape index (κ3) is 11.6. The second-order valence-electron chi connectivity index (χ2n) is 11.1. The number of rotatable bonds is 16. The number of nitrogens with zero attached hydrogens (tertiary/aromatic N) is 1. The molecule has 0 aliphatic carbocycles. The third-order valence-corrected chi connectivity index (χ3v) is 8.03. The number of ether oxygens (including phenoxy) is 2. The zero-order valence-corrected chi connectivity index (χ0v) is 26.1. The zero-order chi connectivity index (χ0) is 30.5. The van der Waals surface area contributed by atoms with Crippen LogP contribution in [0.3, 0.4) is 0 Å². The molecule has 0 bridgehead atoms. The highest BCUT2D eigenvalue weighted by Gasteiger charge is 2.29. The number of amides is 2. The van der Waals surface area contributed by atoms with Crippen LogP contribution in [0.4, 0.5) is 0 Å². The molecule has 1 aromatic carbocycles. The Hall–Kier alpha value is -3.27. The molecule has 0 unspecified atom stereocenters. The van der Waals surface area contributed by atoms with Crippen molar-refractivity contribution in [3.8, 4) is 0 Å². The average Bonchev–Trinajstić information content (AvgIpc) is 3.42. The van der Waals surface area contributed by atoms with E-state index in [0.717, 1.165) is 12.0 Å². The lowest BCUT2D eigenvalue weighted by molar-refractivity contribution is -0.147. The quantitative estimate of drug-likeness (QED) is 0.257. The molecule has 1 heterocycles. The van der Waals surface area contributed by atoms with Crippen LogP contribution in [0.15, 0.2) is 35.7 Å². The molecule has 0 saturated carbocycles. The van der Waals surface area contributed by atoms with Gasteiger partial charge in [0.25, 0.3) is 5.91 Å². The smallest absolute Gasteiger partial charge is 0.308 e. The first-order valence-electron chi connectivity index (χ1n) is 14.3. The molecule has 2 N–H and O–H groups in total. The molecular weight excluding hydrogens is 542 g/mol. The number of benzene rings is 1. The standard InChI is InChI=1S/C31H45N3O6S/c1-8-20(4)14-28(36)33-25(19(2)3)17-27(40-22(6)35)30-34-26(18-41-30)29(37)32-24(15-21(5)31(38)39-7)16-23-12-10-9-11-13-23/h9-13,18-21,24-25,27H,8,14-17H2,1-7H3,(H,32,37)(H,33,36)/t20-,21-,24+,25+,27+/m0/s1. The topological polar surface area (TPSA) is 124 Å². The molecule has 0 fully saturated rings. The van der Waals surface area contributed by atoms with Crippen LogP contribution in [0, 0.1) is 17.8 Å². The summed E-state index contributed by atoms with van der Waals surface area (Å²) in [7, 11) is 1.35. The van der Waals surface area contributed by atoms with Crippen LogP contribution in [0.25, 0.3) is 0 Å². The van der Waals surface area contributed by atoms with E-state index in [1.54, 1.807) is 12.3 Å². The van der Waals surface area contributed by atoms with E-state index in [1.165, 1.54) is 25.4 Å². The van der Waals surface area contributed by atoms with E-state index in [4.69, 9.17) is 9.47 Å². The molecule has 9 nitrogen and oxygen atoms in total. The molecule has 226 valence electrons. The van der Waals surface area contributed by atoms with Crippen molar-refractivity contribution in [2.24, 2.45) is 17.8 Å². The number of carbonyl (C=O) groups is 4. The second kappa shape index (κ2) is 16.9. The van der Waals surface area contributed by atoms with Crippen molar-refractivity contribution >= 4 is 35.1 Å². The van der Waals surface area contributed by atoms with E-state index in [1.807, 2.05) is 51.1 Å². The summed E-state index contributed by atoms with van der Waals surface area (Å²) in [6.07, 6.45) is 1.90. The van der Waals surface area contributed by atoms with Gasteiger partial charge in [-0.1, -0.05) is 71.4 Å². The highest BCUT2D eigenvalue weighted by molar-refractivity contribution is 7.09. The van der Waals surface area contributed by atoms with Crippen molar-refractivity contribution in [1.82, 2.24) is 15.6 Å². The van der Waals surface area contributed by atoms with Crippen LogP contribution in [-0.2, 0) is 30.3 Å². The Kier molecular flexibility index (Phi) is 14.0. The van der Waals surface area contributed by atoms with Gasteiger partial charge in [0.2, 0.25) is 5.91 Å². The summed E-state index contributed by atoms with van der Waals surface area (Å²) in [5, 5.41) is 8.24. The predicted octanol–water partition coefficient (Wildman–Crippen LogP) is 5.25. The Labute approximate surface area is 247 Å². The summed E-state index contributed by atoms with van der Waals surface area (Å²) in [6.45, 7) is 11.2. The van der Waals surface area contributed by atoms with Crippen LogP contribution >= 0.6 is 11.3 Å². The number of carbonyl (C=O) groups excluding carboxylic acids is 4. The Morgan fingerprint density at radius 3 is 2.27 bits per heavy atom. The number of methoxy groups -OCH3 is 1. The van der Waals surface area contributed by atoms with Gasteiger partial charge < -0.3 is 20.1 Å². The van der Waals surface area contributed by atoms with E-state index in [-0.39, 0.29) is 47.4 Å². The van der Waals surface area contributed by atoms with Crippen molar-refractivity contribution in [2.45, 2.75) is 91.8 Å². The minimum absolute atomic E-state index is 0.0375. The van der Waals surface area contributed by atoms with Gasteiger partial charge in [0, 0.05) is 37.2 Å². The van der Waals surface area contributed by atoms with Crippen LogP contribution in [0.5, 0.6) is 0 Å². The molecule has 0 radical (unpaired) electrons. The maximum Gasteiger partial charge on any atom is 0.308 e. The molecule has 41 heavy (non-hydrogen) atoms. The Bertz CT molecular complexity index is 1140. The molecule has 2 aromatic rings. The number of hydrogen-bond donors (Lipinski definition) is 2. The van der Waals surface area contributed by atoms with Gasteiger partial charge >= 0.3 is 11.9 Å². The molecule has 0 aliphatic rings. The maximum atomic E-state index is 13.3. The lowest BCUT2D eigenvalue weighted by Gasteiger charge is -2.26. The van der Waals surface area contributed by atoms with E-state index in [9.17, 15) is 19.2 Å². The highest BCUT2D eigenvalue weighted by atomic mass is 32.1. The number of aromatic nitrogens is 1. The lowest BCUT2D eigenvalue weighted by atomic mass is 9.96. The van der Waals surface area contributed by atoms with Gasteiger partial charge in [-0.25, -0.2) is 4.98 Å². The molecule has 0 aliphatic heterocycles. The molecule has 0 saturated heterocycles. The predicted molar refractivity (Wildman–Crippen MR) is 159 cm³/mol. The summed E-state index contributed by atoms with van der Waals surface area (Å²) >= 11 is 1.23. The van der Waals surface area contributed by atoms with Crippen molar-refractivity contribution in [2.75, 3.05) is 7.11 Å².